The smallest absolute Gasteiger partial charge is 0.244 e. The third-order valence-corrected chi connectivity index (χ3v) is 4.51. The first-order chi connectivity index (χ1) is 12.5. The predicted molar refractivity (Wildman–Crippen MR) is 98.9 cm³/mol. The molecule has 0 spiro atoms. The molecule has 0 aromatic heterocycles. The van der Waals surface area contributed by atoms with Gasteiger partial charge in [-0.3, -0.25) is 4.79 Å². The summed E-state index contributed by atoms with van der Waals surface area (Å²) in [5.74, 6) is -0.0202. The Morgan fingerprint density at radius 3 is 2.81 bits per heavy atom. The molecule has 0 atom stereocenters. The van der Waals surface area contributed by atoms with Crippen molar-refractivity contribution >= 4 is 35.2 Å². The summed E-state index contributed by atoms with van der Waals surface area (Å²) in [7, 11) is 0. The predicted octanol–water partition coefficient (Wildman–Crippen LogP) is 4.37. The Morgan fingerprint density at radius 1 is 1.27 bits per heavy atom. The molecule has 1 aliphatic heterocycles. The Kier molecular flexibility index (Phi) is 6.14. The van der Waals surface area contributed by atoms with Crippen molar-refractivity contribution in [3.8, 4) is 5.75 Å². The lowest BCUT2D eigenvalue weighted by molar-refractivity contribution is -0.116. The molecule has 4 nitrogen and oxygen atoms in total. The number of amides is 1. The first-order valence-corrected chi connectivity index (χ1v) is 8.72. The molecule has 0 aliphatic carbocycles. The highest BCUT2D eigenvalue weighted by Crippen LogP contribution is 2.29. The highest BCUT2D eigenvalue weighted by atomic mass is 35.5. The highest BCUT2D eigenvalue weighted by molar-refractivity contribution is 6.37. The number of benzene rings is 2. The van der Waals surface area contributed by atoms with Gasteiger partial charge in [-0.05, 0) is 42.3 Å². The van der Waals surface area contributed by atoms with E-state index in [1.54, 1.807) is 24.3 Å². The van der Waals surface area contributed by atoms with E-state index in [0.717, 1.165) is 0 Å². The van der Waals surface area contributed by atoms with Crippen LogP contribution in [0.3, 0.4) is 0 Å². The summed E-state index contributed by atoms with van der Waals surface area (Å²) >= 11 is 12.1. The van der Waals surface area contributed by atoms with E-state index >= 15 is 0 Å². The van der Waals surface area contributed by atoms with E-state index in [1.807, 2.05) is 0 Å². The molecule has 26 heavy (non-hydrogen) atoms. The first kappa shape index (κ1) is 18.7. The molecular weight excluding hydrogens is 380 g/mol. The number of hydrogen-bond donors (Lipinski definition) is 1. The number of nitrogens with one attached hydrogen (secondary N) is 1. The van der Waals surface area contributed by atoms with Gasteiger partial charge in [-0.15, -0.1) is 0 Å². The third-order valence-electron chi connectivity index (χ3n) is 3.85. The van der Waals surface area contributed by atoms with Gasteiger partial charge in [-0.2, -0.15) is 0 Å². The summed E-state index contributed by atoms with van der Waals surface area (Å²) in [6.45, 7) is 0.784. The molecule has 0 saturated carbocycles. The van der Waals surface area contributed by atoms with E-state index in [4.69, 9.17) is 32.7 Å². The topological polar surface area (TPSA) is 47.6 Å². The molecule has 2 aromatic rings. The highest BCUT2D eigenvalue weighted by Gasteiger charge is 2.16. The maximum Gasteiger partial charge on any atom is 0.244 e. The van der Waals surface area contributed by atoms with Crippen LogP contribution in [0.5, 0.6) is 5.75 Å². The van der Waals surface area contributed by atoms with Gasteiger partial charge in [0.05, 0.1) is 6.61 Å². The largest absolute Gasteiger partial charge is 0.467 e. The van der Waals surface area contributed by atoms with Crippen LogP contribution in [-0.4, -0.2) is 19.2 Å². The second-order valence-corrected chi connectivity index (χ2v) is 6.49. The molecule has 136 valence electrons. The van der Waals surface area contributed by atoms with Crippen LogP contribution in [0, 0.1) is 5.82 Å². The van der Waals surface area contributed by atoms with Crippen LogP contribution in [0.1, 0.15) is 16.7 Å². The molecule has 0 bridgehead atoms. The van der Waals surface area contributed by atoms with Gasteiger partial charge in [0.25, 0.3) is 0 Å². The molecule has 0 fully saturated rings. The summed E-state index contributed by atoms with van der Waals surface area (Å²) in [6.07, 6.45) is 3.36. The molecule has 1 amide bonds. The molecule has 2 aromatic carbocycles. The molecule has 1 aliphatic rings. The zero-order valence-electron chi connectivity index (χ0n) is 13.7. The van der Waals surface area contributed by atoms with E-state index in [1.165, 1.54) is 18.2 Å². The van der Waals surface area contributed by atoms with Crippen LogP contribution in [0.2, 0.25) is 10.0 Å². The van der Waals surface area contributed by atoms with Crippen LogP contribution in [-0.2, 0) is 22.6 Å². The maximum atomic E-state index is 13.7. The van der Waals surface area contributed by atoms with Gasteiger partial charge >= 0.3 is 0 Å². The summed E-state index contributed by atoms with van der Waals surface area (Å²) < 4.78 is 24.3. The molecule has 0 unspecified atom stereocenters. The normalized spacial score (nSPS) is 13.3. The fourth-order valence-electron chi connectivity index (χ4n) is 2.65. The standard InChI is InChI=1S/C19H16Cl2FNO3/c20-16-2-1-3-17(21)15(16)4-5-18(24)23-7-6-12-8-14(22)9-13-10-25-11-26-19(12)13/h1-5,8-9H,6-7,10-11H2,(H,23,24)/b5-4+. The lowest BCUT2D eigenvalue weighted by atomic mass is 10.1. The van der Waals surface area contributed by atoms with Gasteiger partial charge in [-0.1, -0.05) is 29.3 Å². The van der Waals surface area contributed by atoms with Crippen molar-refractivity contribution in [2.75, 3.05) is 13.3 Å². The fourth-order valence-corrected chi connectivity index (χ4v) is 3.17. The van der Waals surface area contributed by atoms with E-state index in [2.05, 4.69) is 5.32 Å². The number of carbonyl (C=O) groups is 1. The molecule has 1 N–H and O–H groups in total. The molecular formula is C19H16Cl2FNO3. The Balaban J connectivity index is 1.59. The van der Waals surface area contributed by atoms with Gasteiger partial charge in [0.2, 0.25) is 5.91 Å². The molecule has 7 heteroatoms. The number of ether oxygens (including phenoxy) is 2. The Morgan fingerprint density at radius 2 is 2.04 bits per heavy atom. The zero-order valence-corrected chi connectivity index (χ0v) is 15.2. The van der Waals surface area contributed by atoms with Crippen molar-refractivity contribution in [1.29, 1.82) is 0 Å². The lowest BCUT2D eigenvalue weighted by Crippen LogP contribution is -2.24. The van der Waals surface area contributed by atoms with Crippen molar-refractivity contribution in [2.24, 2.45) is 0 Å². The lowest BCUT2D eigenvalue weighted by Gasteiger charge is -2.20. The van der Waals surface area contributed by atoms with E-state index in [9.17, 15) is 9.18 Å². The van der Waals surface area contributed by atoms with E-state index < -0.39 is 0 Å². The van der Waals surface area contributed by atoms with Crippen molar-refractivity contribution in [3.63, 3.8) is 0 Å². The minimum atomic E-state index is -0.354. The van der Waals surface area contributed by atoms with Gasteiger partial charge in [0, 0.05) is 33.8 Å². The van der Waals surface area contributed by atoms with Crippen LogP contribution in [0.15, 0.2) is 36.4 Å². The number of hydrogen-bond acceptors (Lipinski definition) is 3. The zero-order chi connectivity index (χ0) is 18.5. The summed E-state index contributed by atoms with van der Waals surface area (Å²) in [6, 6.07) is 7.93. The SMILES string of the molecule is O=C(/C=C/c1c(Cl)cccc1Cl)NCCc1cc(F)cc2c1OCOC2. The Bertz CT molecular complexity index is 835. The van der Waals surface area contributed by atoms with Gasteiger partial charge < -0.3 is 14.8 Å². The number of halogens is 3. The molecule has 0 saturated heterocycles. The van der Waals surface area contributed by atoms with Crippen molar-refractivity contribution in [2.45, 2.75) is 13.0 Å². The van der Waals surface area contributed by atoms with Crippen LogP contribution in [0.25, 0.3) is 6.08 Å². The second-order valence-electron chi connectivity index (χ2n) is 5.67. The molecule has 0 radical (unpaired) electrons. The van der Waals surface area contributed by atoms with Crippen molar-refractivity contribution in [1.82, 2.24) is 5.32 Å². The summed E-state index contributed by atoms with van der Waals surface area (Å²) in [4.78, 5) is 12.0. The number of fused-ring (bicyclic) bond motifs is 1. The van der Waals surface area contributed by atoms with E-state index in [-0.39, 0.29) is 18.5 Å². The molecule has 3 rings (SSSR count). The van der Waals surface area contributed by atoms with E-state index in [0.29, 0.717) is 52.1 Å². The van der Waals surface area contributed by atoms with Crippen LogP contribution >= 0.6 is 23.2 Å². The second kappa shape index (κ2) is 8.54. The summed E-state index contributed by atoms with van der Waals surface area (Å²) in [5, 5.41) is 3.68. The average Bonchev–Trinajstić information content (AvgIpc) is 2.61. The van der Waals surface area contributed by atoms with Gasteiger partial charge in [0.1, 0.15) is 11.6 Å². The summed E-state index contributed by atoms with van der Waals surface area (Å²) in [5.41, 5.74) is 1.95. The van der Waals surface area contributed by atoms with Gasteiger partial charge in [-0.25, -0.2) is 4.39 Å². The minimum absolute atomic E-state index is 0.138. The number of rotatable bonds is 5. The quantitative estimate of drug-likeness (QED) is 0.764. The molecule has 1 heterocycles. The minimum Gasteiger partial charge on any atom is -0.467 e. The third kappa shape index (κ3) is 4.55. The first-order valence-electron chi connectivity index (χ1n) is 7.96. The maximum absolute atomic E-state index is 13.7. The fraction of sp³-hybridized carbons (Fsp3) is 0.211. The van der Waals surface area contributed by atoms with Crippen molar-refractivity contribution in [3.05, 3.63) is 69.0 Å². The van der Waals surface area contributed by atoms with Crippen LogP contribution < -0.4 is 10.1 Å². The van der Waals surface area contributed by atoms with Gasteiger partial charge in [0.15, 0.2) is 6.79 Å². The number of carbonyl (C=O) groups excluding carboxylic acids is 1. The van der Waals surface area contributed by atoms with Crippen LogP contribution in [0.4, 0.5) is 4.39 Å². The Hall–Kier alpha value is -2.08. The monoisotopic (exact) mass is 395 g/mol. The Labute approximate surface area is 160 Å². The average molecular weight is 396 g/mol. The van der Waals surface area contributed by atoms with Crippen molar-refractivity contribution < 1.29 is 18.7 Å².